The second kappa shape index (κ2) is 10.3. The van der Waals surface area contributed by atoms with E-state index in [9.17, 15) is 14.4 Å². The molecule has 1 saturated heterocycles. The third-order valence-corrected chi connectivity index (χ3v) is 5.35. The summed E-state index contributed by atoms with van der Waals surface area (Å²) in [7, 11) is 0. The molecule has 0 saturated carbocycles. The Labute approximate surface area is 181 Å². The topological polar surface area (TPSA) is 78.5 Å². The lowest BCUT2D eigenvalue weighted by Gasteiger charge is -2.32. The van der Waals surface area contributed by atoms with E-state index in [0.717, 1.165) is 19.3 Å². The molecule has 1 unspecified atom stereocenters. The van der Waals surface area contributed by atoms with Crippen LogP contribution < -0.4 is 10.6 Å². The molecule has 0 aliphatic carbocycles. The molecule has 1 aliphatic heterocycles. The van der Waals surface area contributed by atoms with Gasteiger partial charge >= 0.3 is 0 Å². The van der Waals surface area contributed by atoms with E-state index in [1.165, 1.54) is 0 Å². The number of piperidine rings is 1. The predicted octanol–water partition coefficient (Wildman–Crippen LogP) is 3.97. The summed E-state index contributed by atoms with van der Waals surface area (Å²) in [6.07, 6.45) is 2.47. The summed E-state index contributed by atoms with van der Waals surface area (Å²) in [6.45, 7) is 3.70. The molecule has 30 heavy (non-hydrogen) atoms. The maximum Gasteiger partial charge on any atom is 0.255 e. The Morgan fingerprint density at radius 3 is 2.60 bits per heavy atom. The first-order valence-corrected chi connectivity index (χ1v) is 10.6. The highest BCUT2D eigenvalue weighted by atomic mass is 35.5. The van der Waals surface area contributed by atoms with Gasteiger partial charge in [-0.15, -0.1) is 0 Å². The lowest BCUT2D eigenvalue weighted by molar-refractivity contribution is -0.126. The average Bonchev–Trinajstić information content (AvgIpc) is 2.77. The van der Waals surface area contributed by atoms with Crippen molar-refractivity contribution in [2.75, 3.05) is 25.0 Å². The van der Waals surface area contributed by atoms with E-state index < -0.39 is 0 Å². The maximum atomic E-state index is 13.0. The third-order valence-electron chi connectivity index (χ3n) is 5.10. The number of hydrogen-bond donors (Lipinski definition) is 2. The Kier molecular flexibility index (Phi) is 7.46. The quantitative estimate of drug-likeness (QED) is 0.732. The Morgan fingerprint density at radius 1 is 1.10 bits per heavy atom. The summed E-state index contributed by atoms with van der Waals surface area (Å²) in [5.41, 5.74) is 1.50. The lowest BCUT2D eigenvalue weighted by Crippen LogP contribution is -2.45. The summed E-state index contributed by atoms with van der Waals surface area (Å²) in [4.78, 5) is 39.4. The highest BCUT2D eigenvalue weighted by molar-refractivity contribution is 6.30. The zero-order valence-electron chi connectivity index (χ0n) is 17.0. The number of carbonyl (C=O) groups is 3. The van der Waals surface area contributed by atoms with Crippen LogP contribution in [-0.4, -0.2) is 42.3 Å². The molecule has 1 atom stereocenters. The second-order valence-corrected chi connectivity index (χ2v) is 7.86. The van der Waals surface area contributed by atoms with E-state index in [0.29, 0.717) is 41.5 Å². The van der Waals surface area contributed by atoms with E-state index in [1.54, 1.807) is 53.4 Å². The first-order valence-electron chi connectivity index (χ1n) is 10.2. The van der Waals surface area contributed by atoms with E-state index in [1.807, 2.05) is 6.92 Å². The van der Waals surface area contributed by atoms with Crippen molar-refractivity contribution in [2.45, 2.75) is 26.2 Å². The van der Waals surface area contributed by atoms with Crippen LogP contribution in [0, 0.1) is 5.92 Å². The predicted molar refractivity (Wildman–Crippen MR) is 118 cm³/mol. The molecule has 0 spiro atoms. The van der Waals surface area contributed by atoms with Gasteiger partial charge in [0.05, 0.1) is 5.92 Å². The minimum Gasteiger partial charge on any atom is -0.356 e. The number of amides is 3. The number of hydrogen-bond acceptors (Lipinski definition) is 3. The molecule has 0 aromatic heterocycles. The molecule has 1 fully saturated rings. The summed E-state index contributed by atoms with van der Waals surface area (Å²) >= 11 is 5.86. The number of rotatable bonds is 6. The van der Waals surface area contributed by atoms with Crippen molar-refractivity contribution in [3.8, 4) is 0 Å². The minimum atomic E-state index is -0.276. The van der Waals surface area contributed by atoms with E-state index >= 15 is 0 Å². The van der Waals surface area contributed by atoms with Crippen molar-refractivity contribution in [1.82, 2.24) is 10.2 Å². The van der Waals surface area contributed by atoms with Gasteiger partial charge in [0.1, 0.15) is 0 Å². The number of nitrogens with zero attached hydrogens (tertiary/aromatic N) is 1. The highest BCUT2D eigenvalue weighted by Gasteiger charge is 2.28. The van der Waals surface area contributed by atoms with Crippen LogP contribution in [0.25, 0.3) is 0 Å². The second-order valence-electron chi connectivity index (χ2n) is 7.42. The van der Waals surface area contributed by atoms with Crippen LogP contribution in [0.1, 0.15) is 46.9 Å². The molecule has 0 radical (unpaired) electrons. The van der Waals surface area contributed by atoms with Crippen LogP contribution in [0.5, 0.6) is 0 Å². The molecule has 1 aliphatic rings. The van der Waals surface area contributed by atoms with Crippen molar-refractivity contribution in [3.63, 3.8) is 0 Å². The van der Waals surface area contributed by atoms with Crippen molar-refractivity contribution < 1.29 is 14.4 Å². The zero-order valence-corrected chi connectivity index (χ0v) is 17.7. The van der Waals surface area contributed by atoms with Gasteiger partial charge < -0.3 is 15.5 Å². The first-order chi connectivity index (χ1) is 14.5. The standard InChI is InChI=1S/C23H26ClN3O3/c1-2-12-25-21(28)18-6-4-13-27(15-18)23(30)17-5-3-7-20(14-17)26-22(29)16-8-10-19(24)11-9-16/h3,5,7-11,14,18H,2,4,6,12-13,15H2,1H3,(H,25,28)(H,26,29). The van der Waals surface area contributed by atoms with Gasteiger partial charge in [0, 0.05) is 41.5 Å². The number of nitrogens with one attached hydrogen (secondary N) is 2. The largest absolute Gasteiger partial charge is 0.356 e. The van der Waals surface area contributed by atoms with E-state index in [2.05, 4.69) is 10.6 Å². The van der Waals surface area contributed by atoms with Gasteiger partial charge in [0.25, 0.3) is 11.8 Å². The number of likely N-dealkylation sites (tertiary alicyclic amines) is 1. The van der Waals surface area contributed by atoms with Crippen molar-refractivity contribution in [3.05, 3.63) is 64.7 Å². The van der Waals surface area contributed by atoms with Gasteiger partial charge in [-0.05, 0) is 61.7 Å². The number of benzene rings is 2. The van der Waals surface area contributed by atoms with Crippen molar-refractivity contribution in [1.29, 1.82) is 0 Å². The molecule has 2 aromatic carbocycles. The van der Waals surface area contributed by atoms with Gasteiger partial charge in [-0.2, -0.15) is 0 Å². The van der Waals surface area contributed by atoms with Gasteiger partial charge in [-0.25, -0.2) is 0 Å². The Hall–Kier alpha value is -2.86. The third kappa shape index (κ3) is 5.60. The molecular weight excluding hydrogens is 402 g/mol. The van der Waals surface area contributed by atoms with Gasteiger partial charge in [0.2, 0.25) is 5.91 Å². The van der Waals surface area contributed by atoms with Crippen molar-refractivity contribution >= 4 is 35.0 Å². The van der Waals surface area contributed by atoms with Gasteiger partial charge in [0.15, 0.2) is 0 Å². The molecule has 6 nitrogen and oxygen atoms in total. The van der Waals surface area contributed by atoms with E-state index in [-0.39, 0.29) is 23.6 Å². The minimum absolute atomic E-state index is 0.0123. The summed E-state index contributed by atoms with van der Waals surface area (Å²) in [5.74, 6) is -0.576. The molecule has 7 heteroatoms. The maximum absolute atomic E-state index is 13.0. The van der Waals surface area contributed by atoms with Crippen LogP contribution in [0.3, 0.4) is 0 Å². The summed E-state index contributed by atoms with van der Waals surface area (Å²) in [5, 5.41) is 6.29. The molecule has 2 N–H and O–H groups in total. The SMILES string of the molecule is CCCNC(=O)C1CCCN(C(=O)c2cccc(NC(=O)c3ccc(Cl)cc3)c2)C1. The molecule has 2 aromatic rings. The van der Waals surface area contributed by atoms with E-state index in [4.69, 9.17) is 11.6 Å². The number of anilines is 1. The van der Waals surface area contributed by atoms with Crippen LogP contribution >= 0.6 is 11.6 Å². The first kappa shape index (κ1) is 21.8. The molecule has 3 amide bonds. The monoisotopic (exact) mass is 427 g/mol. The fraction of sp³-hybridized carbons (Fsp3) is 0.348. The average molecular weight is 428 g/mol. The molecular formula is C23H26ClN3O3. The number of carbonyl (C=O) groups excluding carboxylic acids is 3. The number of halogens is 1. The smallest absolute Gasteiger partial charge is 0.255 e. The Balaban J connectivity index is 1.66. The van der Waals surface area contributed by atoms with Crippen LogP contribution in [0.2, 0.25) is 5.02 Å². The van der Waals surface area contributed by atoms with Gasteiger partial charge in [-0.1, -0.05) is 24.6 Å². The normalized spacial score (nSPS) is 16.1. The molecule has 158 valence electrons. The summed E-state index contributed by atoms with van der Waals surface area (Å²) < 4.78 is 0. The lowest BCUT2D eigenvalue weighted by atomic mass is 9.96. The van der Waals surface area contributed by atoms with Crippen LogP contribution in [0.15, 0.2) is 48.5 Å². The zero-order chi connectivity index (χ0) is 21.5. The summed E-state index contributed by atoms with van der Waals surface area (Å²) in [6, 6.07) is 13.5. The fourth-order valence-electron chi connectivity index (χ4n) is 3.49. The molecule has 0 bridgehead atoms. The molecule has 1 heterocycles. The fourth-order valence-corrected chi connectivity index (χ4v) is 3.61. The Morgan fingerprint density at radius 2 is 1.87 bits per heavy atom. The highest BCUT2D eigenvalue weighted by Crippen LogP contribution is 2.21. The van der Waals surface area contributed by atoms with Gasteiger partial charge in [-0.3, -0.25) is 14.4 Å². The van der Waals surface area contributed by atoms with Crippen LogP contribution in [0.4, 0.5) is 5.69 Å². The van der Waals surface area contributed by atoms with Crippen molar-refractivity contribution in [2.24, 2.45) is 5.92 Å². The Bertz CT molecular complexity index is 914. The molecule has 3 rings (SSSR count). The van der Waals surface area contributed by atoms with Crippen LogP contribution in [-0.2, 0) is 4.79 Å².